The highest BCUT2D eigenvalue weighted by Gasteiger charge is 2.32. The van der Waals surface area contributed by atoms with Crippen molar-refractivity contribution >= 4 is 6.03 Å². The van der Waals surface area contributed by atoms with Gasteiger partial charge in [-0.1, -0.05) is 13.8 Å². The third-order valence-corrected chi connectivity index (χ3v) is 4.68. The normalized spacial score (nSPS) is 32.5. The Morgan fingerprint density at radius 3 is 2.45 bits per heavy atom. The molecule has 5 heteroatoms. The molecule has 2 fully saturated rings. The Kier molecular flexibility index (Phi) is 5.27. The Morgan fingerprint density at radius 1 is 1.20 bits per heavy atom. The van der Waals surface area contributed by atoms with E-state index in [4.69, 9.17) is 0 Å². The lowest BCUT2D eigenvalue weighted by atomic mass is 9.93. The second-order valence-electron chi connectivity index (χ2n) is 6.72. The summed E-state index contributed by atoms with van der Waals surface area (Å²) < 4.78 is 0. The monoisotopic (exact) mass is 283 g/mol. The van der Waals surface area contributed by atoms with Crippen LogP contribution in [0.25, 0.3) is 0 Å². The van der Waals surface area contributed by atoms with Gasteiger partial charge in [0.05, 0.1) is 6.10 Å². The number of aliphatic hydroxyl groups excluding tert-OH is 1. The fraction of sp³-hybridized carbons (Fsp3) is 0.933. The Labute approximate surface area is 122 Å². The molecule has 0 aromatic rings. The minimum atomic E-state index is -0.171. The molecule has 1 saturated heterocycles. The number of carbonyl (C=O) groups excluding carboxylic acids is 1. The molecule has 0 aromatic heterocycles. The van der Waals surface area contributed by atoms with E-state index in [0.717, 1.165) is 45.3 Å². The maximum Gasteiger partial charge on any atom is 0.317 e. The van der Waals surface area contributed by atoms with E-state index in [1.165, 1.54) is 0 Å². The summed E-state index contributed by atoms with van der Waals surface area (Å²) in [7, 11) is 2.12. The number of likely N-dealkylation sites (N-methyl/N-ethyl adjacent to an activating group) is 1. The summed E-state index contributed by atoms with van der Waals surface area (Å²) in [5, 5.41) is 12.7. The van der Waals surface area contributed by atoms with Gasteiger partial charge in [0.1, 0.15) is 0 Å². The van der Waals surface area contributed by atoms with Crippen LogP contribution < -0.4 is 5.32 Å². The van der Waals surface area contributed by atoms with Crippen LogP contribution in [-0.2, 0) is 0 Å². The molecule has 2 N–H and O–H groups in total. The van der Waals surface area contributed by atoms with Gasteiger partial charge in [-0.15, -0.1) is 0 Å². The third kappa shape index (κ3) is 3.85. The molecule has 20 heavy (non-hydrogen) atoms. The topological polar surface area (TPSA) is 55.8 Å². The summed E-state index contributed by atoms with van der Waals surface area (Å²) in [5.74, 6) is 0.469. The number of amides is 2. The predicted molar refractivity (Wildman–Crippen MR) is 79.6 cm³/mol. The van der Waals surface area contributed by atoms with E-state index in [1.54, 1.807) is 0 Å². The van der Waals surface area contributed by atoms with Gasteiger partial charge in [-0.2, -0.15) is 0 Å². The minimum Gasteiger partial charge on any atom is -0.393 e. The van der Waals surface area contributed by atoms with Gasteiger partial charge in [0.2, 0.25) is 0 Å². The SMILES string of the molecule is CC(C)C1CN(C)CCN1C(=O)NC1CCC(O)CC1. The first-order valence-corrected chi connectivity index (χ1v) is 7.91. The average Bonchev–Trinajstić information content (AvgIpc) is 2.41. The molecule has 0 bridgehead atoms. The number of hydrogen-bond donors (Lipinski definition) is 2. The van der Waals surface area contributed by atoms with E-state index < -0.39 is 0 Å². The number of nitrogens with zero attached hydrogens (tertiary/aromatic N) is 2. The molecular formula is C15H29N3O2. The van der Waals surface area contributed by atoms with E-state index in [1.807, 2.05) is 4.90 Å². The molecule has 1 saturated carbocycles. The van der Waals surface area contributed by atoms with Crippen LogP contribution >= 0.6 is 0 Å². The van der Waals surface area contributed by atoms with Crippen LogP contribution in [0.2, 0.25) is 0 Å². The average molecular weight is 283 g/mol. The largest absolute Gasteiger partial charge is 0.393 e. The molecule has 5 nitrogen and oxygen atoms in total. The molecule has 0 aromatic carbocycles. The molecule has 1 aliphatic heterocycles. The van der Waals surface area contributed by atoms with Crippen LogP contribution in [0.3, 0.4) is 0 Å². The van der Waals surface area contributed by atoms with Crippen molar-refractivity contribution in [1.29, 1.82) is 0 Å². The fourth-order valence-corrected chi connectivity index (χ4v) is 3.25. The maximum atomic E-state index is 12.5. The quantitative estimate of drug-likeness (QED) is 0.802. The number of aliphatic hydroxyl groups is 1. The highest BCUT2D eigenvalue weighted by atomic mass is 16.3. The van der Waals surface area contributed by atoms with Crippen molar-refractivity contribution < 1.29 is 9.90 Å². The maximum absolute atomic E-state index is 12.5. The lowest BCUT2D eigenvalue weighted by Crippen LogP contribution is -2.59. The van der Waals surface area contributed by atoms with Gasteiger partial charge < -0.3 is 20.2 Å². The summed E-state index contributed by atoms with van der Waals surface area (Å²) in [6, 6.07) is 0.611. The van der Waals surface area contributed by atoms with Crippen molar-refractivity contribution in [2.24, 2.45) is 5.92 Å². The molecule has 2 aliphatic rings. The van der Waals surface area contributed by atoms with Gasteiger partial charge in [0.25, 0.3) is 0 Å². The number of nitrogens with one attached hydrogen (secondary N) is 1. The number of hydrogen-bond acceptors (Lipinski definition) is 3. The molecule has 0 spiro atoms. The molecule has 2 amide bonds. The Hall–Kier alpha value is -0.810. The van der Waals surface area contributed by atoms with Gasteiger partial charge in [-0.3, -0.25) is 0 Å². The first kappa shape index (κ1) is 15.6. The molecule has 2 rings (SSSR count). The van der Waals surface area contributed by atoms with Crippen molar-refractivity contribution in [3.63, 3.8) is 0 Å². The van der Waals surface area contributed by atoms with Gasteiger partial charge in [-0.05, 0) is 38.6 Å². The molecule has 1 atom stereocenters. The number of urea groups is 1. The molecule has 1 unspecified atom stereocenters. The molecule has 1 heterocycles. The van der Waals surface area contributed by atoms with Crippen molar-refractivity contribution in [3.8, 4) is 0 Å². The summed E-state index contributed by atoms with van der Waals surface area (Å²) in [6.07, 6.45) is 3.23. The minimum absolute atomic E-state index is 0.0817. The Morgan fingerprint density at radius 2 is 1.85 bits per heavy atom. The zero-order valence-electron chi connectivity index (χ0n) is 13.0. The number of carbonyl (C=O) groups is 1. The van der Waals surface area contributed by atoms with E-state index in [2.05, 4.69) is 31.1 Å². The number of piperazine rings is 1. The van der Waals surface area contributed by atoms with Crippen LogP contribution in [0.15, 0.2) is 0 Å². The molecular weight excluding hydrogens is 254 g/mol. The highest BCUT2D eigenvalue weighted by Crippen LogP contribution is 2.20. The summed E-state index contributed by atoms with van der Waals surface area (Å²) in [6.45, 7) is 7.07. The Bertz CT molecular complexity index is 327. The Balaban J connectivity index is 1.90. The molecule has 0 radical (unpaired) electrons. The molecule has 1 aliphatic carbocycles. The predicted octanol–water partition coefficient (Wildman–Crippen LogP) is 1.27. The van der Waals surface area contributed by atoms with Crippen molar-refractivity contribution in [3.05, 3.63) is 0 Å². The second-order valence-corrected chi connectivity index (χ2v) is 6.72. The van der Waals surface area contributed by atoms with E-state index in [9.17, 15) is 9.90 Å². The van der Waals surface area contributed by atoms with Crippen LogP contribution in [0.5, 0.6) is 0 Å². The van der Waals surface area contributed by atoms with Gasteiger partial charge >= 0.3 is 6.03 Å². The van der Waals surface area contributed by atoms with Crippen molar-refractivity contribution in [2.75, 3.05) is 26.7 Å². The zero-order valence-corrected chi connectivity index (χ0v) is 13.0. The first-order valence-electron chi connectivity index (χ1n) is 7.91. The van der Waals surface area contributed by atoms with Gasteiger partial charge in [0, 0.05) is 31.7 Å². The summed E-state index contributed by atoms with van der Waals surface area (Å²) in [5.41, 5.74) is 0. The number of rotatable bonds is 2. The first-order chi connectivity index (χ1) is 9.47. The standard InChI is InChI=1S/C15H29N3O2/c1-11(2)14-10-17(3)8-9-18(14)15(20)16-12-4-6-13(19)7-5-12/h11-14,19H,4-10H2,1-3H3,(H,16,20). The second kappa shape index (κ2) is 6.76. The van der Waals surface area contributed by atoms with E-state index in [-0.39, 0.29) is 18.2 Å². The third-order valence-electron chi connectivity index (χ3n) is 4.68. The van der Waals surface area contributed by atoms with E-state index in [0.29, 0.717) is 12.0 Å². The van der Waals surface area contributed by atoms with E-state index >= 15 is 0 Å². The van der Waals surface area contributed by atoms with Crippen molar-refractivity contribution in [1.82, 2.24) is 15.1 Å². The lowest BCUT2D eigenvalue weighted by Gasteiger charge is -2.42. The van der Waals surface area contributed by atoms with Crippen molar-refractivity contribution in [2.45, 2.75) is 57.7 Å². The molecule has 116 valence electrons. The smallest absolute Gasteiger partial charge is 0.317 e. The highest BCUT2D eigenvalue weighted by molar-refractivity contribution is 5.75. The van der Waals surface area contributed by atoms with Gasteiger partial charge in [0.15, 0.2) is 0 Å². The van der Waals surface area contributed by atoms with Crippen LogP contribution in [0.4, 0.5) is 4.79 Å². The van der Waals surface area contributed by atoms with Crippen LogP contribution in [0, 0.1) is 5.92 Å². The fourth-order valence-electron chi connectivity index (χ4n) is 3.25. The van der Waals surface area contributed by atoms with Crippen LogP contribution in [-0.4, -0.2) is 65.8 Å². The van der Waals surface area contributed by atoms with Gasteiger partial charge in [-0.25, -0.2) is 4.79 Å². The van der Waals surface area contributed by atoms with Crippen LogP contribution in [0.1, 0.15) is 39.5 Å². The zero-order chi connectivity index (χ0) is 14.7. The lowest BCUT2D eigenvalue weighted by molar-refractivity contribution is 0.0788. The summed E-state index contributed by atoms with van der Waals surface area (Å²) in [4.78, 5) is 16.8. The summed E-state index contributed by atoms with van der Waals surface area (Å²) >= 11 is 0.